The van der Waals surface area contributed by atoms with Crippen molar-refractivity contribution in [2.24, 2.45) is 0 Å². The van der Waals surface area contributed by atoms with Gasteiger partial charge in [-0.3, -0.25) is 4.79 Å². The number of aliphatic hydroxyl groups is 1. The van der Waals surface area contributed by atoms with Gasteiger partial charge >= 0.3 is 0 Å². The molecule has 27 heavy (non-hydrogen) atoms. The summed E-state index contributed by atoms with van der Waals surface area (Å²) in [5, 5.41) is 14.3. The summed E-state index contributed by atoms with van der Waals surface area (Å²) in [5.41, 5.74) is 4.46. The lowest BCUT2D eigenvalue weighted by Crippen LogP contribution is -2.52. The summed E-state index contributed by atoms with van der Waals surface area (Å²) in [6.07, 6.45) is 1.18. The van der Waals surface area contributed by atoms with Crippen LogP contribution < -0.4 is 5.32 Å². The number of hydrogen-bond acceptors (Lipinski definition) is 3. The molecule has 2 aliphatic rings. The van der Waals surface area contributed by atoms with Gasteiger partial charge in [0.1, 0.15) is 0 Å². The van der Waals surface area contributed by atoms with Crippen LogP contribution in [0.25, 0.3) is 0 Å². The van der Waals surface area contributed by atoms with Crippen molar-refractivity contribution in [1.82, 2.24) is 10.2 Å². The van der Waals surface area contributed by atoms with Crippen LogP contribution in [0.15, 0.2) is 46.9 Å². The first-order chi connectivity index (χ1) is 13.1. The molecule has 2 N–H and O–H groups in total. The van der Waals surface area contributed by atoms with Gasteiger partial charge in [-0.05, 0) is 47.7 Å². The van der Waals surface area contributed by atoms with Crippen molar-refractivity contribution in [2.45, 2.75) is 44.4 Å². The minimum Gasteiger partial charge on any atom is -0.390 e. The summed E-state index contributed by atoms with van der Waals surface area (Å²) in [6.45, 7) is 3.95. The Morgan fingerprint density at radius 3 is 2.81 bits per heavy atom. The zero-order chi connectivity index (χ0) is 19.0. The van der Waals surface area contributed by atoms with Gasteiger partial charge in [0.2, 0.25) is 0 Å². The third kappa shape index (κ3) is 3.68. The number of carbonyl (C=O) groups excluding carboxylic acids is 1. The van der Waals surface area contributed by atoms with Crippen LogP contribution >= 0.6 is 15.9 Å². The van der Waals surface area contributed by atoms with Crippen molar-refractivity contribution in [3.8, 4) is 0 Å². The zero-order valence-electron chi connectivity index (χ0n) is 15.5. The molecule has 3 atom stereocenters. The number of aliphatic hydroxyl groups excluding tert-OH is 1. The first kappa shape index (κ1) is 18.7. The molecule has 2 aromatic rings. The second-order valence-electron chi connectivity index (χ2n) is 7.57. The normalized spacial score (nSPS) is 22.9. The monoisotopic (exact) mass is 428 g/mol. The van der Waals surface area contributed by atoms with Gasteiger partial charge in [0.05, 0.1) is 6.10 Å². The van der Waals surface area contributed by atoms with Crippen molar-refractivity contribution in [3.63, 3.8) is 0 Å². The minimum atomic E-state index is -0.586. The average Bonchev–Trinajstić information content (AvgIpc) is 2.69. The van der Waals surface area contributed by atoms with Crippen LogP contribution in [0.2, 0.25) is 0 Å². The summed E-state index contributed by atoms with van der Waals surface area (Å²) in [7, 11) is 0. The Bertz CT molecular complexity index is 854. The van der Waals surface area contributed by atoms with Crippen LogP contribution in [0.1, 0.15) is 46.3 Å². The molecule has 1 amide bonds. The molecule has 0 saturated carbocycles. The lowest BCUT2D eigenvalue weighted by Gasteiger charge is -2.37. The molecule has 4 rings (SSSR count). The number of benzene rings is 2. The molecule has 0 saturated heterocycles. The van der Waals surface area contributed by atoms with Gasteiger partial charge in [0.15, 0.2) is 0 Å². The topological polar surface area (TPSA) is 52.6 Å². The van der Waals surface area contributed by atoms with Crippen LogP contribution in [0.3, 0.4) is 0 Å². The molecule has 0 spiro atoms. The smallest absolute Gasteiger partial charge is 0.254 e. The third-order valence-electron chi connectivity index (χ3n) is 5.89. The standard InChI is InChI=1S/C22H25BrN2O2/c1-2-14-12-25(22(27)18-8-7-17(23)10-19(14)18)13-21(26)20-9-15-5-3-4-6-16(15)11-24-20/h3-8,10,14,20-21,24,26H,2,9,11-13H2,1H3/t14-,20+,21-/m1/s1. The first-order valence-electron chi connectivity index (χ1n) is 9.63. The zero-order valence-corrected chi connectivity index (χ0v) is 17.1. The highest BCUT2D eigenvalue weighted by molar-refractivity contribution is 9.10. The molecule has 0 aliphatic carbocycles. The Hall–Kier alpha value is -1.69. The molecule has 142 valence electrons. The number of rotatable bonds is 4. The lowest BCUT2D eigenvalue weighted by molar-refractivity contribution is 0.0484. The number of β-amino-alcohol motifs (C(OH)–C–C–N with tert-alkyl or cyclic N) is 1. The fraction of sp³-hybridized carbons (Fsp3) is 0.409. The highest BCUT2D eigenvalue weighted by Crippen LogP contribution is 2.33. The van der Waals surface area contributed by atoms with Gasteiger partial charge in [0, 0.05) is 41.6 Å². The number of halogens is 1. The van der Waals surface area contributed by atoms with Crippen LogP contribution in [-0.4, -0.2) is 41.1 Å². The Morgan fingerprint density at radius 1 is 1.26 bits per heavy atom. The quantitative estimate of drug-likeness (QED) is 0.783. The Labute approximate surface area is 168 Å². The number of carbonyl (C=O) groups is 1. The Balaban J connectivity index is 1.49. The molecule has 0 bridgehead atoms. The van der Waals surface area contributed by atoms with Crippen LogP contribution in [0.5, 0.6) is 0 Å². The van der Waals surface area contributed by atoms with E-state index in [9.17, 15) is 9.90 Å². The number of fused-ring (bicyclic) bond motifs is 2. The second-order valence-corrected chi connectivity index (χ2v) is 8.49. The van der Waals surface area contributed by atoms with Crippen molar-refractivity contribution in [1.29, 1.82) is 0 Å². The minimum absolute atomic E-state index is 0.0254. The van der Waals surface area contributed by atoms with Gasteiger partial charge < -0.3 is 15.3 Å². The maximum atomic E-state index is 13.0. The Morgan fingerprint density at radius 2 is 2.04 bits per heavy atom. The predicted octanol–water partition coefficient (Wildman–Crippen LogP) is 3.47. The van der Waals surface area contributed by atoms with Gasteiger partial charge in [-0.15, -0.1) is 0 Å². The van der Waals surface area contributed by atoms with E-state index in [1.165, 1.54) is 11.1 Å². The van der Waals surface area contributed by atoms with E-state index in [1.54, 1.807) is 0 Å². The number of nitrogens with one attached hydrogen (secondary N) is 1. The fourth-order valence-electron chi connectivity index (χ4n) is 4.29. The van der Waals surface area contributed by atoms with Gasteiger partial charge in [-0.1, -0.05) is 47.1 Å². The van der Waals surface area contributed by atoms with Gasteiger partial charge in [-0.2, -0.15) is 0 Å². The SMILES string of the molecule is CC[C@@H]1CN(C[C@@H](O)[C@@H]2Cc3ccccc3CN2)C(=O)c2ccc(Br)cc21. The molecule has 0 aromatic heterocycles. The highest BCUT2D eigenvalue weighted by Gasteiger charge is 2.33. The largest absolute Gasteiger partial charge is 0.390 e. The predicted molar refractivity (Wildman–Crippen MR) is 110 cm³/mol. The van der Waals surface area contributed by atoms with Gasteiger partial charge in [-0.25, -0.2) is 0 Å². The maximum absolute atomic E-state index is 13.0. The van der Waals surface area contributed by atoms with Crippen molar-refractivity contribution < 1.29 is 9.90 Å². The fourth-order valence-corrected chi connectivity index (χ4v) is 4.67. The summed E-state index contributed by atoms with van der Waals surface area (Å²) < 4.78 is 1.01. The molecular weight excluding hydrogens is 404 g/mol. The third-order valence-corrected chi connectivity index (χ3v) is 6.38. The molecule has 0 fully saturated rings. The van der Waals surface area contributed by atoms with E-state index >= 15 is 0 Å². The second kappa shape index (κ2) is 7.74. The Kier molecular flexibility index (Phi) is 5.35. The van der Waals surface area contributed by atoms with E-state index in [1.807, 2.05) is 29.2 Å². The first-order valence-corrected chi connectivity index (χ1v) is 10.4. The van der Waals surface area contributed by atoms with Crippen molar-refractivity contribution in [3.05, 3.63) is 69.2 Å². The molecule has 2 aromatic carbocycles. The number of nitrogens with zero attached hydrogens (tertiary/aromatic N) is 1. The lowest BCUT2D eigenvalue weighted by atomic mass is 9.87. The van der Waals surface area contributed by atoms with E-state index in [2.05, 4.69) is 46.4 Å². The number of hydrogen-bond donors (Lipinski definition) is 2. The molecule has 0 radical (unpaired) electrons. The van der Waals surface area contributed by atoms with Crippen molar-refractivity contribution in [2.75, 3.05) is 13.1 Å². The van der Waals surface area contributed by atoms with E-state index < -0.39 is 6.10 Å². The summed E-state index contributed by atoms with van der Waals surface area (Å²) in [6, 6.07) is 14.2. The van der Waals surface area contributed by atoms with E-state index in [-0.39, 0.29) is 11.9 Å². The van der Waals surface area contributed by atoms with Crippen LogP contribution in [0.4, 0.5) is 0 Å². The average molecular weight is 429 g/mol. The molecule has 5 heteroatoms. The molecule has 2 heterocycles. The van der Waals surface area contributed by atoms with Crippen molar-refractivity contribution >= 4 is 21.8 Å². The van der Waals surface area contributed by atoms with E-state index in [0.717, 1.165) is 35.0 Å². The van der Waals surface area contributed by atoms with Gasteiger partial charge in [0.25, 0.3) is 5.91 Å². The molecule has 2 aliphatic heterocycles. The molecule has 0 unspecified atom stereocenters. The molecular formula is C22H25BrN2O2. The van der Waals surface area contributed by atoms with E-state index in [0.29, 0.717) is 19.0 Å². The molecule has 4 nitrogen and oxygen atoms in total. The highest BCUT2D eigenvalue weighted by atomic mass is 79.9. The van der Waals surface area contributed by atoms with E-state index in [4.69, 9.17) is 0 Å². The van der Waals surface area contributed by atoms with Crippen LogP contribution in [-0.2, 0) is 13.0 Å². The summed E-state index contributed by atoms with van der Waals surface area (Å²) >= 11 is 3.51. The van der Waals surface area contributed by atoms with Crippen LogP contribution in [0, 0.1) is 0 Å². The number of amides is 1. The summed E-state index contributed by atoms with van der Waals surface area (Å²) in [4.78, 5) is 14.8. The maximum Gasteiger partial charge on any atom is 0.254 e. The summed E-state index contributed by atoms with van der Waals surface area (Å²) in [5.74, 6) is 0.333.